The number of carbonyl (C=O) groups is 2. The third kappa shape index (κ3) is 3.82. The van der Waals surface area contributed by atoms with E-state index in [-0.39, 0.29) is 5.78 Å². The Labute approximate surface area is 209 Å². The van der Waals surface area contributed by atoms with Gasteiger partial charge in [-0.3, -0.25) is 4.79 Å². The van der Waals surface area contributed by atoms with Crippen molar-refractivity contribution in [2.24, 2.45) is 0 Å². The fourth-order valence-corrected chi connectivity index (χ4v) is 4.90. The molecule has 7 heteroatoms. The van der Waals surface area contributed by atoms with Crippen LogP contribution in [0.3, 0.4) is 0 Å². The summed E-state index contributed by atoms with van der Waals surface area (Å²) in [4.78, 5) is 31.9. The zero-order valence-electron chi connectivity index (χ0n) is 20.6. The Morgan fingerprint density at radius 2 is 1.72 bits per heavy atom. The number of carbonyl (C=O) groups excluding carboxylic acids is 2. The molecule has 4 aromatic rings. The van der Waals surface area contributed by atoms with Crippen molar-refractivity contribution >= 4 is 34.0 Å². The summed E-state index contributed by atoms with van der Waals surface area (Å²) in [5.41, 5.74) is 4.55. The van der Waals surface area contributed by atoms with E-state index in [1.54, 1.807) is 20.4 Å². The highest BCUT2D eigenvalue weighted by Gasteiger charge is 2.25. The molecular formula is C29H26N2O5. The summed E-state index contributed by atoms with van der Waals surface area (Å²) < 4.78 is 16.2. The second-order valence-corrected chi connectivity index (χ2v) is 8.59. The standard InChI is InChI=1S/C29H26N2O5/c1-17-21(29(33)36-4)13-19-14-25(34-2)26(35-3)16-22(19)28(17)18-9-11-30-27(15-18)31-12-10-24(32)20-7-5-6-8-23(20)31/h5-9,11,13-16H,10,12H2,1-4H3. The number of hydrogen-bond donors (Lipinski definition) is 0. The number of methoxy groups -OCH3 is 3. The fourth-order valence-electron chi connectivity index (χ4n) is 4.90. The first-order valence-corrected chi connectivity index (χ1v) is 11.6. The average molecular weight is 483 g/mol. The lowest BCUT2D eigenvalue weighted by molar-refractivity contribution is 0.0600. The van der Waals surface area contributed by atoms with Gasteiger partial charge in [-0.1, -0.05) is 12.1 Å². The molecule has 3 aromatic carbocycles. The van der Waals surface area contributed by atoms with Crippen molar-refractivity contribution in [1.82, 2.24) is 4.98 Å². The van der Waals surface area contributed by atoms with Gasteiger partial charge < -0.3 is 19.1 Å². The second-order valence-electron chi connectivity index (χ2n) is 8.59. The van der Waals surface area contributed by atoms with E-state index in [9.17, 15) is 9.59 Å². The Kier molecular flexibility index (Phi) is 6.06. The Hall–Kier alpha value is -4.39. The number of Topliss-reactive ketones (excluding diaryl/α,β-unsaturated/α-hetero) is 1. The highest BCUT2D eigenvalue weighted by molar-refractivity contribution is 6.07. The first-order valence-electron chi connectivity index (χ1n) is 11.6. The molecule has 0 saturated heterocycles. The SMILES string of the molecule is COC(=O)c1cc2cc(OC)c(OC)cc2c(-c2ccnc(N3CCC(=O)c4ccccc43)c2)c1C. The predicted octanol–water partition coefficient (Wildman–Crippen LogP) is 5.74. The molecule has 0 fully saturated rings. The van der Waals surface area contributed by atoms with E-state index in [4.69, 9.17) is 14.2 Å². The number of benzene rings is 3. The van der Waals surface area contributed by atoms with Crippen molar-refractivity contribution in [3.63, 3.8) is 0 Å². The van der Waals surface area contributed by atoms with E-state index in [2.05, 4.69) is 9.88 Å². The van der Waals surface area contributed by atoms with Gasteiger partial charge in [0.1, 0.15) is 5.82 Å². The van der Waals surface area contributed by atoms with Gasteiger partial charge in [0.25, 0.3) is 0 Å². The zero-order chi connectivity index (χ0) is 25.4. The molecule has 0 aliphatic carbocycles. The molecule has 1 aliphatic rings. The maximum absolute atomic E-state index is 12.7. The zero-order valence-corrected chi connectivity index (χ0v) is 20.6. The molecule has 0 spiro atoms. The number of ketones is 1. The van der Waals surface area contributed by atoms with Gasteiger partial charge in [-0.25, -0.2) is 9.78 Å². The quantitative estimate of drug-likeness (QED) is 0.336. The van der Waals surface area contributed by atoms with Crippen LogP contribution in [0.15, 0.2) is 60.8 Å². The molecule has 5 rings (SSSR count). The summed E-state index contributed by atoms with van der Waals surface area (Å²) in [7, 11) is 4.55. The molecule has 1 aliphatic heterocycles. The molecule has 182 valence electrons. The monoisotopic (exact) mass is 482 g/mol. The molecule has 0 amide bonds. The van der Waals surface area contributed by atoms with Crippen molar-refractivity contribution in [1.29, 1.82) is 0 Å². The highest BCUT2D eigenvalue weighted by atomic mass is 16.5. The van der Waals surface area contributed by atoms with Gasteiger partial charge in [-0.15, -0.1) is 0 Å². The number of anilines is 2. The molecule has 36 heavy (non-hydrogen) atoms. The van der Waals surface area contributed by atoms with Crippen LogP contribution in [0.25, 0.3) is 21.9 Å². The number of nitrogens with zero attached hydrogens (tertiary/aromatic N) is 2. The van der Waals surface area contributed by atoms with Gasteiger partial charge in [-0.2, -0.15) is 0 Å². The number of pyridine rings is 1. The minimum absolute atomic E-state index is 0.131. The molecule has 7 nitrogen and oxygen atoms in total. The summed E-state index contributed by atoms with van der Waals surface area (Å²) >= 11 is 0. The molecule has 0 radical (unpaired) electrons. The third-order valence-corrected chi connectivity index (χ3v) is 6.68. The largest absolute Gasteiger partial charge is 0.493 e. The van der Waals surface area contributed by atoms with Crippen LogP contribution in [0.4, 0.5) is 11.5 Å². The van der Waals surface area contributed by atoms with Crippen LogP contribution in [-0.2, 0) is 4.74 Å². The van der Waals surface area contributed by atoms with Crippen molar-refractivity contribution in [2.45, 2.75) is 13.3 Å². The van der Waals surface area contributed by atoms with E-state index in [0.29, 0.717) is 35.6 Å². The minimum Gasteiger partial charge on any atom is -0.493 e. The van der Waals surface area contributed by atoms with Gasteiger partial charge in [0.2, 0.25) is 0 Å². The van der Waals surface area contributed by atoms with Crippen LogP contribution < -0.4 is 14.4 Å². The van der Waals surface area contributed by atoms with E-state index in [0.717, 1.165) is 39.0 Å². The van der Waals surface area contributed by atoms with Crippen molar-refractivity contribution < 1.29 is 23.8 Å². The smallest absolute Gasteiger partial charge is 0.338 e. The Balaban J connectivity index is 1.74. The predicted molar refractivity (Wildman–Crippen MR) is 139 cm³/mol. The van der Waals surface area contributed by atoms with Gasteiger partial charge >= 0.3 is 5.97 Å². The van der Waals surface area contributed by atoms with Crippen LogP contribution in [-0.4, -0.2) is 44.6 Å². The Morgan fingerprint density at radius 1 is 0.972 bits per heavy atom. The maximum atomic E-state index is 12.7. The molecule has 0 saturated carbocycles. The van der Waals surface area contributed by atoms with Crippen molar-refractivity contribution in [3.05, 3.63) is 77.5 Å². The maximum Gasteiger partial charge on any atom is 0.338 e. The van der Waals surface area contributed by atoms with Crippen LogP contribution in [0.5, 0.6) is 11.5 Å². The average Bonchev–Trinajstić information content (AvgIpc) is 2.92. The summed E-state index contributed by atoms with van der Waals surface area (Å²) in [5.74, 6) is 1.61. The molecular weight excluding hydrogens is 456 g/mol. The van der Waals surface area contributed by atoms with E-state index in [1.807, 2.05) is 61.5 Å². The topological polar surface area (TPSA) is 78.0 Å². The van der Waals surface area contributed by atoms with Gasteiger partial charge in [0.15, 0.2) is 17.3 Å². The number of hydrogen-bond acceptors (Lipinski definition) is 7. The molecule has 0 atom stereocenters. The summed E-state index contributed by atoms with van der Waals surface area (Å²) in [5, 5.41) is 1.73. The first kappa shape index (κ1) is 23.4. The number of fused-ring (bicyclic) bond motifs is 2. The Bertz CT molecular complexity index is 1510. The number of rotatable bonds is 5. The first-order chi connectivity index (χ1) is 17.5. The van der Waals surface area contributed by atoms with Crippen molar-refractivity contribution in [2.75, 3.05) is 32.8 Å². The normalized spacial score (nSPS) is 12.9. The number of para-hydroxylation sites is 1. The number of esters is 1. The highest BCUT2D eigenvalue weighted by Crippen LogP contribution is 2.41. The second kappa shape index (κ2) is 9.34. The van der Waals surface area contributed by atoms with Crippen LogP contribution in [0, 0.1) is 6.92 Å². The molecule has 0 bridgehead atoms. The van der Waals surface area contributed by atoms with Gasteiger partial charge in [0, 0.05) is 24.7 Å². The van der Waals surface area contributed by atoms with Crippen LogP contribution in [0.2, 0.25) is 0 Å². The van der Waals surface area contributed by atoms with E-state index >= 15 is 0 Å². The molecule has 0 N–H and O–H groups in total. The summed E-state index contributed by atoms with van der Waals surface area (Å²) in [6, 6.07) is 17.1. The minimum atomic E-state index is -0.414. The van der Waals surface area contributed by atoms with Gasteiger partial charge in [-0.05, 0) is 76.9 Å². The third-order valence-electron chi connectivity index (χ3n) is 6.68. The number of aromatic nitrogens is 1. The molecule has 1 aromatic heterocycles. The summed E-state index contributed by atoms with van der Waals surface area (Å²) in [6.07, 6.45) is 2.17. The Morgan fingerprint density at radius 3 is 2.47 bits per heavy atom. The molecule has 2 heterocycles. The van der Waals surface area contributed by atoms with Crippen LogP contribution >= 0.6 is 0 Å². The summed E-state index contributed by atoms with van der Waals surface area (Å²) in [6.45, 7) is 2.45. The van der Waals surface area contributed by atoms with Crippen molar-refractivity contribution in [3.8, 4) is 22.6 Å². The lowest BCUT2D eigenvalue weighted by Gasteiger charge is -2.30. The number of ether oxygens (including phenoxy) is 3. The van der Waals surface area contributed by atoms with Crippen LogP contribution in [0.1, 0.15) is 32.7 Å². The van der Waals surface area contributed by atoms with Gasteiger partial charge in [0.05, 0.1) is 32.6 Å². The fraction of sp³-hybridized carbons (Fsp3) is 0.207. The van der Waals surface area contributed by atoms with E-state index < -0.39 is 5.97 Å². The lowest BCUT2D eigenvalue weighted by Crippen LogP contribution is -2.28. The lowest BCUT2D eigenvalue weighted by atomic mass is 9.90. The molecule has 0 unspecified atom stereocenters. The van der Waals surface area contributed by atoms with E-state index in [1.165, 1.54) is 7.11 Å².